The van der Waals surface area contributed by atoms with Crippen LogP contribution < -0.4 is 5.32 Å². The van der Waals surface area contributed by atoms with Crippen LogP contribution >= 0.6 is 0 Å². The quantitative estimate of drug-likeness (QED) is 0.750. The lowest BCUT2D eigenvalue weighted by atomic mass is 9.98. The molecule has 2 fully saturated rings. The van der Waals surface area contributed by atoms with Gasteiger partial charge in [-0.15, -0.1) is 0 Å². The van der Waals surface area contributed by atoms with Gasteiger partial charge in [0, 0.05) is 18.7 Å². The lowest BCUT2D eigenvalue weighted by molar-refractivity contribution is 0.109. The molecule has 1 N–H and O–H groups in total. The van der Waals surface area contributed by atoms with E-state index in [1.165, 1.54) is 32.1 Å². The van der Waals surface area contributed by atoms with Gasteiger partial charge in [0.15, 0.2) is 0 Å². The van der Waals surface area contributed by atoms with Gasteiger partial charge >= 0.3 is 0 Å². The molecule has 2 aliphatic rings. The van der Waals surface area contributed by atoms with Crippen molar-refractivity contribution >= 4 is 0 Å². The lowest BCUT2D eigenvalue weighted by Crippen LogP contribution is -2.43. The molecule has 2 nitrogen and oxygen atoms in total. The van der Waals surface area contributed by atoms with Crippen molar-refractivity contribution in [2.45, 2.75) is 64.1 Å². The minimum absolute atomic E-state index is 0.416. The lowest BCUT2D eigenvalue weighted by Gasteiger charge is -2.26. The first-order chi connectivity index (χ1) is 6.77. The molecule has 2 rings (SSSR count). The Balaban J connectivity index is 1.78. The Morgan fingerprint density at radius 1 is 1.21 bits per heavy atom. The van der Waals surface area contributed by atoms with Crippen molar-refractivity contribution in [3.05, 3.63) is 0 Å². The van der Waals surface area contributed by atoms with Crippen molar-refractivity contribution in [3.8, 4) is 0 Å². The van der Waals surface area contributed by atoms with Gasteiger partial charge in [0.25, 0.3) is 0 Å². The van der Waals surface area contributed by atoms with Gasteiger partial charge in [-0.05, 0) is 39.0 Å². The SMILES string of the molecule is CC(N[C@@H]1CCO[C@@H]1C)C1CCCC1. The zero-order valence-corrected chi connectivity index (χ0v) is 9.46. The van der Waals surface area contributed by atoms with E-state index in [-0.39, 0.29) is 0 Å². The molecule has 1 saturated carbocycles. The Morgan fingerprint density at radius 3 is 2.50 bits per heavy atom. The fraction of sp³-hybridized carbons (Fsp3) is 1.00. The van der Waals surface area contributed by atoms with Crippen LogP contribution in [0.15, 0.2) is 0 Å². The largest absolute Gasteiger partial charge is 0.377 e. The van der Waals surface area contributed by atoms with Crippen LogP contribution in [0.4, 0.5) is 0 Å². The topological polar surface area (TPSA) is 21.3 Å². The summed E-state index contributed by atoms with van der Waals surface area (Å²) < 4.78 is 5.57. The van der Waals surface area contributed by atoms with Gasteiger partial charge in [-0.25, -0.2) is 0 Å². The van der Waals surface area contributed by atoms with Crippen LogP contribution in [0.3, 0.4) is 0 Å². The standard InChI is InChI=1S/C12H23NO/c1-9(11-5-3-4-6-11)13-12-7-8-14-10(12)2/h9-13H,3-8H2,1-2H3/t9?,10-,12-/m1/s1. The van der Waals surface area contributed by atoms with Gasteiger partial charge in [0.1, 0.15) is 0 Å². The number of hydrogen-bond acceptors (Lipinski definition) is 2. The van der Waals surface area contributed by atoms with Crippen LogP contribution in [0.25, 0.3) is 0 Å². The second kappa shape index (κ2) is 4.63. The molecule has 14 heavy (non-hydrogen) atoms. The van der Waals surface area contributed by atoms with E-state index in [2.05, 4.69) is 19.2 Å². The van der Waals surface area contributed by atoms with Gasteiger partial charge in [0.2, 0.25) is 0 Å². The Kier molecular flexibility index (Phi) is 3.45. The number of ether oxygens (including phenoxy) is 1. The summed E-state index contributed by atoms with van der Waals surface area (Å²) in [5.74, 6) is 0.919. The molecule has 0 aromatic rings. The van der Waals surface area contributed by atoms with Crippen molar-refractivity contribution in [2.75, 3.05) is 6.61 Å². The first-order valence-corrected chi connectivity index (χ1v) is 6.15. The van der Waals surface area contributed by atoms with E-state index in [0.717, 1.165) is 12.5 Å². The molecule has 0 aromatic carbocycles. The van der Waals surface area contributed by atoms with Gasteiger partial charge < -0.3 is 10.1 Å². The summed E-state index contributed by atoms with van der Waals surface area (Å²) in [5.41, 5.74) is 0. The first-order valence-electron chi connectivity index (χ1n) is 6.15. The maximum atomic E-state index is 5.57. The molecule has 2 heteroatoms. The number of hydrogen-bond donors (Lipinski definition) is 1. The van der Waals surface area contributed by atoms with Crippen LogP contribution in [0, 0.1) is 5.92 Å². The number of nitrogens with one attached hydrogen (secondary N) is 1. The molecule has 0 aromatic heterocycles. The van der Waals surface area contributed by atoms with E-state index in [9.17, 15) is 0 Å². The van der Waals surface area contributed by atoms with E-state index < -0.39 is 0 Å². The van der Waals surface area contributed by atoms with Crippen LogP contribution in [-0.2, 0) is 4.74 Å². The summed E-state index contributed by atoms with van der Waals surface area (Å²) in [4.78, 5) is 0. The Labute approximate surface area is 87.4 Å². The minimum Gasteiger partial charge on any atom is -0.377 e. The molecule has 0 amide bonds. The van der Waals surface area contributed by atoms with E-state index in [1.807, 2.05) is 0 Å². The molecular formula is C12H23NO. The van der Waals surface area contributed by atoms with Crippen molar-refractivity contribution in [1.29, 1.82) is 0 Å². The van der Waals surface area contributed by atoms with E-state index in [1.54, 1.807) is 0 Å². The predicted octanol–water partition coefficient (Wildman–Crippen LogP) is 2.33. The Morgan fingerprint density at radius 2 is 1.93 bits per heavy atom. The van der Waals surface area contributed by atoms with Crippen molar-refractivity contribution in [2.24, 2.45) is 5.92 Å². The summed E-state index contributed by atoms with van der Waals surface area (Å²) >= 11 is 0. The zero-order valence-electron chi connectivity index (χ0n) is 9.46. The van der Waals surface area contributed by atoms with Crippen LogP contribution in [-0.4, -0.2) is 24.8 Å². The summed E-state index contributed by atoms with van der Waals surface area (Å²) in [7, 11) is 0. The normalized spacial score (nSPS) is 36.4. The third-order valence-corrected chi connectivity index (χ3v) is 3.96. The maximum absolute atomic E-state index is 5.57. The van der Waals surface area contributed by atoms with Crippen LogP contribution in [0.2, 0.25) is 0 Å². The molecule has 0 radical (unpaired) electrons. The third-order valence-electron chi connectivity index (χ3n) is 3.96. The fourth-order valence-electron chi connectivity index (χ4n) is 2.88. The van der Waals surface area contributed by atoms with E-state index >= 15 is 0 Å². The Hall–Kier alpha value is -0.0800. The Bertz CT molecular complexity index is 177. The molecule has 82 valence electrons. The molecule has 0 spiro atoms. The molecule has 1 aliphatic carbocycles. The number of rotatable bonds is 3. The second-order valence-electron chi connectivity index (χ2n) is 4.97. The average Bonchev–Trinajstić information content (AvgIpc) is 2.77. The van der Waals surface area contributed by atoms with Crippen molar-refractivity contribution in [1.82, 2.24) is 5.32 Å². The predicted molar refractivity (Wildman–Crippen MR) is 58.4 cm³/mol. The molecule has 1 heterocycles. The van der Waals surface area contributed by atoms with E-state index in [4.69, 9.17) is 4.74 Å². The van der Waals surface area contributed by atoms with Crippen molar-refractivity contribution < 1.29 is 4.74 Å². The van der Waals surface area contributed by atoms with Crippen molar-refractivity contribution in [3.63, 3.8) is 0 Å². The highest BCUT2D eigenvalue weighted by atomic mass is 16.5. The molecule has 1 saturated heterocycles. The molecule has 1 aliphatic heterocycles. The highest BCUT2D eigenvalue weighted by Crippen LogP contribution is 2.28. The third kappa shape index (κ3) is 2.29. The minimum atomic E-state index is 0.416. The highest BCUT2D eigenvalue weighted by molar-refractivity contribution is 4.85. The summed E-state index contributed by atoms with van der Waals surface area (Å²) in [5, 5.41) is 3.75. The highest BCUT2D eigenvalue weighted by Gasteiger charge is 2.28. The second-order valence-corrected chi connectivity index (χ2v) is 4.97. The molecule has 1 unspecified atom stereocenters. The summed E-state index contributed by atoms with van der Waals surface area (Å²) in [6, 6.07) is 1.29. The van der Waals surface area contributed by atoms with Gasteiger partial charge in [-0.3, -0.25) is 0 Å². The van der Waals surface area contributed by atoms with Crippen LogP contribution in [0.5, 0.6) is 0 Å². The van der Waals surface area contributed by atoms with Gasteiger partial charge in [-0.1, -0.05) is 12.8 Å². The molecule has 0 bridgehead atoms. The van der Waals surface area contributed by atoms with E-state index in [0.29, 0.717) is 18.2 Å². The van der Waals surface area contributed by atoms with Gasteiger partial charge in [-0.2, -0.15) is 0 Å². The molecule has 3 atom stereocenters. The maximum Gasteiger partial charge on any atom is 0.0700 e. The zero-order chi connectivity index (χ0) is 9.97. The first kappa shape index (κ1) is 10.4. The monoisotopic (exact) mass is 197 g/mol. The van der Waals surface area contributed by atoms with Gasteiger partial charge in [0.05, 0.1) is 6.10 Å². The fourth-order valence-corrected chi connectivity index (χ4v) is 2.88. The molecular weight excluding hydrogens is 174 g/mol. The average molecular weight is 197 g/mol. The summed E-state index contributed by atoms with van der Waals surface area (Å²) in [6.07, 6.45) is 7.34. The summed E-state index contributed by atoms with van der Waals surface area (Å²) in [6.45, 7) is 5.48. The smallest absolute Gasteiger partial charge is 0.0700 e. The van der Waals surface area contributed by atoms with Crippen LogP contribution in [0.1, 0.15) is 46.0 Å².